The highest BCUT2D eigenvalue weighted by Crippen LogP contribution is 2.26. The van der Waals surface area contributed by atoms with Crippen molar-refractivity contribution in [3.05, 3.63) is 29.8 Å². The topological polar surface area (TPSA) is 72.6 Å². The van der Waals surface area contributed by atoms with Crippen LogP contribution in [0, 0.1) is 0 Å². The lowest BCUT2D eigenvalue weighted by molar-refractivity contribution is -0.137. The fraction of sp³-hybridized carbons (Fsp3) is 0.462. The summed E-state index contributed by atoms with van der Waals surface area (Å²) < 4.78 is 5.71. The molecule has 0 aromatic heterocycles. The molecule has 1 unspecified atom stereocenters. The number of carboxylic acid groups (broad SMARTS) is 1. The number of rotatable bonds is 5. The molecule has 17 heavy (non-hydrogen) atoms. The Bertz CT molecular complexity index is 384. The van der Waals surface area contributed by atoms with Crippen LogP contribution in [0.15, 0.2) is 24.3 Å². The molecule has 3 N–H and O–H groups in total. The lowest BCUT2D eigenvalue weighted by Crippen LogP contribution is -2.24. The normalized spacial score (nSPS) is 17.2. The van der Waals surface area contributed by atoms with Gasteiger partial charge in [-0.25, -0.2) is 0 Å². The van der Waals surface area contributed by atoms with E-state index in [9.17, 15) is 4.79 Å². The summed E-state index contributed by atoms with van der Waals surface area (Å²) in [6, 6.07) is 6.93. The van der Waals surface area contributed by atoms with Crippen molar-refractivity contribution in [3.63, 3.8) is 0 Å². The predicted molar refractivity (Wildman–Crippen MR) is 63.9 cm³/mol. The molecule has 1 aliphatic carbocycles. The average Bonchev–Trinajstić information content (AvgIpc) is 2.23. The maximum Gasteiger partial charge on any atom is 0.305 e. The van der Waals surface area contributed by atoms with Gasteiger partial charge in [0, 0.05) is 6.04 Å². The molecule has 1 saturated carbocycles. The van der Waals surface area contributed by atoms with Crippen molar-refractivity contribution >= 4 is 5.97 Å². The molecule has 92 valence electrons. The summed E-state index contributed by atoms with van der Waals surface area (Å²) in [5.41, 5.74) is 6.59. The Hall–Kier alpha value is -1.55. The second kappa shape index (κ2) is 5.19. The van der Waals surface area contributed by atoms with Crippen LogP contribution in [0.25, 0.3) is 0 Å². The van der Waals surface area contributed by atoms with Crippen molar-refractivity contribution in [3.8, 4) is 5.75 Å². The molecule has 1 aliphatic rings. The van der Waals surface area contributed by atoms with Crippen LogP contribution in [0.5, 0.6) is 5.75 Å². The number of nitrogens with two attached hydrogens (primary N) is 1. The van der Waals surface area contributed by atoms with E-state index in [1.807, 2.05) is 24.3 Å². The van der Waals surface area contributed by atoms with Crippen molar-refractivity contribution in [2.75, 3.05) is 0 Å². The molecule has 2 rings (SSSR count). The summed E-state index contributed by atoms with van der Waals surface area (Å²) >= 11 is 0. The summed E-state index contributed by atoms with van der Waals surface area (Å²) in [4.78, 5) is 10.5. The zero-order chi connectivity index (χ0) is 12.3. The first kappa shape index (κ1) is 11.9. The number of carbonyl (C=O) groups is 1. The molecule has 0 spiro atoms. The van der Waals surface area contributed by atoms with E-state index in [-0.39, 0.29) is 6.42 Å². The Labute approximate surface area is 100 Å². The minimum atomic E-state index is -0.882. The Morgan fingerprint density at radius 3 is 2.53 bits per heavy atom. The summed E-state index contributed by atoms with van der Waals surface area (Å²) in [5, 5.41) is 8.65. The molecule has 4 nitrogen and oxygen atoms in total. The van der Waals surface area contributed by atoms with Gasteiger partial charge in [0.25, 0.3) is 0 Å². The molecule has 1 aromatic rings. The summed E-state index contributed by atoms with van der Waals surface area (Å²) in [6.07, 6.45) is 3.80. The molecular weight excluding hydrogens is 218 g/mol. The molecule has 0 aliphatic heterocycles. The van der Waals surface area contributed by atoms with Crippen LogP contribution in [-0.4, -0.2) is 17.2 Å². The van der Waals surface area contributed by atoms with Crippen LogP contribution in [0.3, 0.4) is 0 Å². The molecular formula is C13H17NO3. The Morgan fingerprint density at radius 1 is 1.41 bits per heavy atom. The smallest absolute Gasteiger partial charge is 0.305 e. The minimum Gasteiger partial charge on any atom is -0.490 e. The molecule has 0 amide bonds. The third-order valence-corrected chi connectivity index (χ3v) is 3.06. The lowest BCUT2D eigenvalue weighted by Gasteiger charge is -2.26. The standard InChI is InChI=1S/C13H17NO3/c14-12(8-13(15)16)9-4-6-11(7-5-9)17-10-2-1-3-10/h4-7,10,12H,1-3,8,14H2,(H,15,16). The maximum atomic E-state index is 10.5. The molecule has 0 radical (unpaired) electrons. The second-order valence-corrected chi connectivity index (χ2v) is 4.44. The van der Waals surface area contributed by atoms with Crippen LogP contribution in [0.4, 0.5) is 0 Å². The number of aliphatic carboxylic acids is 1. The number of ether oxygens (including phenoxy) is 1. The highest BCUT2D eigenvalue weighted by molar-refractivity contribution is 5.67. The first-order valence-electron chi connectivity index (χ1n) is 5.89. The highest BCUT2D eigenvalue weighted by atomic mass is 16.5. The second-order valence-electron chi connectivity index (χ2n) is 4.44. The van der Waals surface area contributed by atoms with E-state index in [4.69, 9.17) is 15.6 Å². The molecule has 1 fully saturated rings. The average molecular weight is 235 g/mol. The van der Waals surface area contributed by atoms with Crippen molar-refractivity contribution in [1.82, 2.24) is 0 Å². The summed E-state index contributed by atoms with van der Waals surface area (Å²) in [5.74, 6) is -0.0479. The van der Waals surface area contributed by atoms with E-state index in [1.165, 1.54) is 6.42 Å². The molecule has 1 aromatic carbocycles. The van der Waals surface area contributed by atoms with E-state index in [2.05, 4.69) is 0 Å². The first-order valence-corrected chi connectivity index (χ1v) is 5.89. The van der Waals surface area contributed by atoms with Gasteiger partial charge in [-0.3, -0.25) is 4.79 Å². The quantitative estimate of drug-likeness (QED) is 0.819. The van der Waals surface area contributed by atoms with Gasteiger partial charge in [-0.1, -0.05) is 12.1 Å². The molecule has 0 bridgehead atoms. The van der Waals surface area contributed by atoms with Crippen LogP contribution in [-0.2, 0) is 4.79 Å². The van der Waals surface area contributed by atoms with Gasteiger partial charge >= 0.3 is 5.97 Å². The van der Waals surface area contributed by atoms with Gasteiger partial charge < -0.3 is 15.6 Å². The minimum absolute atomic E-state index is 0.0527. The zero-order valence-corrected chi connectivity index (χ0v) is 9.63. The number of carboxylic acids is 1. The van der Waals surface area contributed by atoms with E-state index in [1.54, 1.807) is 0 Å². The van der Waals surface area contributed by atoms with Crippen LogP contribution >= 0.6 is 0 Å². The van der Waals surface area contributed by atoms with Crippen molar-refractivity contribution in [1.29, 1.82) is 0 Å². The number of hydrogen-bond acceptors (Lipinski definition) is 3. The van der Waals surface area contributed by atoms with Gasteiger partial charge in [-0.2, -0.15) is 0 Å². The van der Waals surface area contributed by atoms with E-state index < -0.39 is 12.0 Å². The first-order chi connectivity index (χ1) is 8.15. The predicted octanol–water partition coefficient (Wildman–Crippen LogP) is 2.09. The molecule has 1 atom stereocenters. The monoisotopic (exact) mass is 235 g/mol. The van der Waals surface area contributed by atoms with Gasteiger partial charge in [0.05, 0.1) is 12.5 Å². The Kier molecular flexibility index (Phi) is 3.64. The molecule has 4 heteroatoms. The largest absolute Gasteiger partial charge is 0.490 e. The Morgan fingerprint density at radius 2 is 2.06 bits per heavy atom. The maximum absolute atomic E-state index is 10.5. The third-order valence-electron chi connectivity index (χ3n) is 3.06. The Balaban J connectivity index is 1.94. The van der Waals surface area contributed by atoms with E-state index in [0.717, 1.165) is 24.2 Å². The number of benzene rings is 1. The lowest BCUT2D eigenvalue weighted by atomic mass is 9.96. The van der Waals surface area contributed by atoms with E-state index in [0.29, 0.717) is 6.10 Å². The van der Waals surface area contributed by atoms with Crippen LogP contribution < -0.4 is 10.5 Å². The fourth-order valence-corrected chi connectivity index (χ4v) is 1.78. The number of hydrogen-bond donors (Lipinski definition) is 2. The van der Waals surface area contributed by atoms with Crippen LogP contribution in [0.1, 0.15) is 37.3 Å². The zero-order valence-electron chi connectivity index (χ0n) is 9.63. The van der Waals surface area contributed by atoms with Crippen molar-refractivity contribution in [2.24, 2.45) is 5.73 Å². The highest BCUT2D eigenvalue weighted by Gasteiger charge is 2.19. The summed E-state index contributed by atoms with van der Waals surface area (Å²) in [6.45, 7) is 0. The van der Waals surface area contributed by atoms with E-state index >= 15 is 0 Å². The molecule has 0 heterocycles. The van der Waals surface area contributed by atoms with Gasteiger partial charge in [0.1, 0.15) is 5.75 Å². The van der Waals surface area contributed by atoms with Gasteiger partial charge in [0.15, 0.2) is 0 Å². The molecule has 0 saturated heterocycles. The third kappa shape index (κ3) is 3.20. The van der Waals surface area contributed by atoms with Gasteiger partial charge in [-0.05, 0) is 37.0 Å². The van der Waals surface area contributed by atoms with Crippen molar-refractivity contribution in [2.45, 2.75) is 37.8 Å². The summed E-state index contributed by atoms with van der Waals surface area (Å²) in [7, 11) is 0. The fourth-order valence-electron chi connectivity index (χ4n) is 1.78. The van der Waals surface area contributed by atoms with Crippen LogP contribution in [0.2, 0.25) is 0 Å². The van der Waals surface area contributed by atoms with Crippen molar-refractivity contribution < 1.29 is 14.6 Å². The SMILES string of the molecule is NC(CC(=O)O)c1ccc(OC2CCC2)cc1. The van der Waals surface area contributed by atoms with Gasteiger partial charge in [0.2, 0.25) is 0 Å². The van der Waals surface area contributed by atoms with Gasteiger partial charge in [-0.15, -0.1) is 0 Å².